The van der Waals surface area contributed by atoms with Gasteiger partial charge in [0, 0.05) is 6.42 Å². The van der Waals surface area contributed by atoms with Crippen molar-refractivity contribution in [1.82, 2.24) is 5.32 Å². The molecule has 0 spiro atoms. The zero-order chi connectivity index (χ0) is 55.4. The molecule has 446 valence electrons. The predicted octanol–water partition coefficient (Wildman–Crippen LogP) is 15.5. The van der Waals surface area contributed by atoms with E-state index in [1.807, 2.05) is 6.08 Å². The maximum Gasteiger partial charge on any atom is 0.306 e. The third kappa shape index (κ3) is 41.0. The number of esters is 1. The molecular weight excluding hydrogens is 955 g/mol. The SMILES string of the molecule is CC/C=C/C/C=C/CCCCCCCCC(O)C(=O)NC(COC1OC(CO)C(O)C(O)C1OC(=O)CCCCCCCCCCCCCCCCCCCCCCC)C(O)/C=C/CCCCCCCCCCCCC. The monoisotopic (exact) mass is 1080 g/mol. The Kier molecular flexibility index (Phi) is 50.6. The van der Waals surface area contributed by atoms with Gasteiger partial charge in [-0.1, -0.05) is 282 Å². The summed E-state index contributed by atoms with van der Waals surface area (Å²) >= 11 is 0. The highest BCUT2D eigenvalue weighted by atomic mass is 16.7. The van der Waals surface area contributed by atoms with E-state index < -0.39 is 67.4 Å². The first-order valence-corrected chi connectivity index (χ1v) is 32.3. The lowest BCUT2D eigenvalue weighted by atomic mass is 9.99. The fourth-order valence-electron chi connectivity index (χ4n) is 10.2. The minimum Gasteiger partial charge on any atom is -0.454 e. The van der Waals surface area contributed by atoms with Gasteiger partial charge in [-0.15, -0.1) is 0 Å². The average Bonchev–Trinajstić information content (AvgIpc) is 3.42. The van der Waals surface area contributed by atoms with Gasteiger partial charge < -0.3 is 45.1 Å². The summed E-state index contributed by atoms with van der Waals surface area (Å²) in [5.74, 6) is -1.19. The number of amides is 1. The van der Waals surface area contributed by atoms with Crippen LogP contribution in [0.2, 0.25) is 0 Å². The zero-order valence-electron chi connectivity index (χ0n) is 49.4. The van der Waals surface area contributed by atoms with Gasteiger partial charge in [0.05, 0.1) is 25.4 Å². The van der Waals surface area contributed by atoms with Crippen molar-refractivity contribution in [3.63, 3.8) is 0 Å². The number of carbonyl (C=O) groups excluding carboxylic acids is 2. The van der Waals surface area contributed by atoms with Gasteiger partial charge in [-0.25, -0.2) is 0 Å². The summed E-state index contributed by atoms with van der Waals surface area (Å²) in [6.45, 7) is 5.71. The van der Waals surface area contributed by atoms with Gasteiger partial charge in [-0.3, -0.25) is 9.59 Å². The first-order valence-electron chi connectivity index (χ1n) is 32.3. The average molecular weight is 1080 g/mol. The van der Waals surface area contributed by atoms with E-state index >= 15 is 0 Å². The number of allylic oxidation sites excluding steroid dienone is 5. The lowest BCUT2D eigenvalue weighted by Gasteiger charge is -2.41. The maximum absolute atomic E-state index is 13.4. The molecule has 76 heavy (non-hydrogen) atoms. The van der Waals surface area contributed by atoms with Crippen LogP contribution in [0.1, 0.15) is 303 Å². The Morgan fingerprint density at radius 1 is 0.526 bits per heavy atom. The molecule has 1 amide bonds. The van der Waals surface area contributed by atoms with E-state index in [0.717, 1.165) is 89.9 Å². The number of aliphatic hydroxyl groups is 5. The fraction of sp³-hybridized carbons (Fsp3) is 0.877. The first kappa shape index (κ1) is 71.9. The van der Waals surface area contributed by atoms with Crippen molar-refractivity contribution in [1.29, 1.82) is 0 Å². The van der Waals surface area contributed by atoms with Crippen molar-refractivity contribution in [2.45, 2.75) is 352 Å². The summed E-state index contributed by atoms with van der Waals surface area (Å²) in [5.41, 5.74) is 0. The van der Waals surface area contributed by atoms with Crippen LogP contribution in [0.15, 0.2) is 36.5 Å². The Balaban J connectivity index is 2.63. The minimum atomic E-state index is -1.61. The van der Waals surface area contributed by atoms with Crippen LogP contribution in [0.5, 0.6) is 0 Å². The van der Waals surface area contributed by atoms with E-state index in [2.05, 4.69) is 50.4 Å². The van der Waals surface area contributed by atoms with Crippen molar-refractivity contribution in [3.05, 3.63) is 36.5 Å². The number of nitrogens with one attached hydrogen (secondary N) is 1. The molecule has 0 bridgehead atoms. The number of hydrogen-bond donors (Lipinski definition) is 6. The quantitative estimate of drug-likeness (QED) is 0.0195. The van der Waals surface area contributed by atoms with Gasteiger partial charge in [0.25, 0.3) is 0 Å². The molecule has 11 nitrogen and oxygen atoms in total. The number of unbranched alkanes of at least 4 members (excludes halogenated alkanes) is 37. The maximum atomic E-state index is 13.4. The van der Waals surface area contributed by atoms with Crippen molar-refractivity contribution in [2.75, 3.05) is 13.2 Å². The van der Waals surface area contributed by atoms with Gasteiger partial charge >= 0.3 is 5.97 Å². The summed E-state index contributed by atoms with van der Waals surface area (Å²) < 4.78 is 17.6. The van der Waals surface area contributed by atoms with E-state index in [9.17, 15) is 35.1 Å². The van der Waals surface area contributed by atoms with Crippen molar-refractivity contribution in [2.24, 2.45) is 0 Å². The standard InChI is InChI=1S/C65H121NO10/c1-4-7-10-13-16-19-22-25-26-27-28-29-30-31-32-35-38-41-44-47-50-53-60(70)76-63-62(72)61(71)59(54-67)75-65(63)74-55-56(57(68)51-48-45-42-39-36-33-23-20-17-14-11-8-5-2)66-64(73)58(69)52-49-46-43-40-37-34-24-21-18-15-12-9-6-3/h9,12,18,21,48,51,56-59,61-63,65,67-69,71-72H,4-8,10-11,13-17,19-20,22-47,49-50,52-55H2,1-3H3,(H,66,73)/b12-9+,21-18+,51-48+. The van der Waals surface area contributed by atoms with Gasteiger partial charge in [0.2, 0.25) is 5.91 Å². The molecule has 0 aromatic heterocycles. The second-order valence-electron chi connectivity index (χ2n) is 22.5. The topological polar surface area (TPSA) is 175 Å². The van der Waals surface area contributed by atoms with E-state index in [1.165, 1.54) is 167 Å². The first-order chi connectivity index (χ1) is 37.2. The molecule has 0 aromatic carbocycles. The lowest BCUT2D eigenvalue weighted by molar-refractivity contribution is -0.305. The Morgan fingerprint density at radius 2 is 0.947 bits per heavy atom. The molecular formula is C65H121NO10. The third-order valence-corrected chi connectivity index (χ3v) is 15.3. The summed E-state index contributed by atoms with van der Waals surface area (Å²) in [4.78, 5) is 26.6. The normalized spacial score (nSPS) is 19.3. The lowest BCUT2D eigenvalue weighted by Crippen LogP contribution is -2.61. The highest BCUT2D eigenvalue weighted by Gasteiger charge is 2.47. The van der Waals surface area contributed by atoms with E-state index in [4.69, 9.17) is 14.2 Å². The Bertz CT molecular complexity index is 1380. The molecule has 0 aliphatic carbocycles. The molecule has 0 radical (unpaired) electrons. The summed E-state index contributed by atoms with van der Waals surface area (Å²) in [5, 5.41) is 57.0. The largest absolute Gasteiger partial charge is 0.454 e. The molecule has 11 heteroatoms. The zero-order valence-corrected chi connectivity index (χ0v) is 49.4. The van der Waals surface area contributed by atoms with E-state index in [0.29, 0.717) is 12.8 Å². The van der Waals surface area contributed by atoms with Crippen LogP contribution < -0.4 is 5.32 Å². The highest BCUT2D eigenvalue weighted by molar-refractivity contribution is 5.80. The van der Waals surface area contributed by atoms with Crippen LogP contribution in [-0.4, -0.2) is 99.6 Å². The number of hydrogen-bond acceptors (Lipinski definition) is 10. The van der Waals surface area contributed by atoms with Gasteiger partial charge in [-0.2, -0.15) is 0 Å². The highest BCUT2D eigenvalue weighted by Crippen LogP contribution is 2.26. The molecule has 8 atom stereocenters. The van der Waals surface area contributed by atoms with Crippen molar-refractivity contribution < 1.29 is 49.3 Å². The van der Waals surface area contributed by atoms with Crippen LogP contribution in [0.25, 0.3) is 0 Å². The summed E-state index contributed by atoms with van der Waals surface area (Å²) in [7, 11) is 0. The van der Waals surface area contributed by atoms with Crippen LogP contribution in [0, 0.1) is 0 Å². The number of ether oxygens (including phenoxy) is 3. The smallest absolute Gasteiger partial charge is 0.306 e. The molecule has 1 heterocycles. The minimum absolute atomic E-state index is 0.128. The molecule has 8 unspecified atom stereocenters. The van der Waals surface area contributed by atoms with Crippen LogP contribution in [-0.2, 0) is 23.8 Å². The Labute approximate surface area is 466 Å². The molecule has 0 aromatic rings. The van der Waals surface area contributed by atoms with Crippen molar-refractivity contribution >= 4 is 11.9 Å². The Morgan fingerprint density at radius 3 is 1.41 bits per heavy atom. The number of rotatable bonds is 55. The van der Waals surface area contributed by atoms with Gasteiger partial charge in [0.15, 0.2) is 12.4 Å². The van der Waals surface area contributed by atoms with Crippen LogP contribution in [0.3, 0.4) is 0 Å². The molecule has 0 saturated carbocycles. The fourth-order valence-corrected chi connectivity index (χ4v) is 10.2. The molecule has 1 fully saturated rings. The van der Waals surface area contributed by atoms with Gasteiger partial charge in [-0.05, 0) is 51.4 Å². The molecule has 1 aliphatic heterocycles. The van der Waals surface area contributed by atoms with Crippen LogP contribution >= 0.6 is 0 Å². The number of aliphatic hydroxyl groups excluding tert-OH is 5. The molecule has 1 saturated heterocycles. The van der Waals surface area contributed by atoms with Gasteiger partial charge in [0.1, 0.15) is 24.4 Å². The van der Waals surface area contributed by atoms with E-state index in [1.54, 1.807) is 6.08 Å². The molecule has 6 N–H and O–H groups in total. The summed E-state index contributed by atoms with van der Waals surface area (Å²) in [6, 6.07) is -1.02. The van der Waals surface area contributed by atoms with Crippen LogP contribution in [0.4, 0.5) is 0 Å². The second-order valence-corrected chi connectivity index (χ2v) is 22.5. The molecule has 1 rings (SSSR count). The number of carbonyl (C=O) groups is 2. The third-order valence-electron chi connectivity index (χ3n) is 15.3. The summed E-state index contributed by atoms with van der Waals surface area (Å²) in [6.07, 6.45) is 53.3. The van der Waals surface area contributed by atoms with Crippen molar-refractivity contribution in [3.8, 4) is 0 Å². The molecule has 1 aliphatic rings. The van der Waals surface area contributed by atoms with E-state index in [-0.39, 0.29) is 19.4 Å². The predicted molar refractivity (Wildman–Crippen MR) is 315 cm³/mol. The Hall–Kier alpha value is -2.12. The second kappa shape index (κ2) is 53.5.